The number of sulfone groups is 1. The van der Waals surface area contributed by atoms with Crippen LogP contribution in [0.15, 0.2) is 40.6 Å². The van der Waals surface area contributed by atoms with Crippen LogP contribution in [0.3, 0.4) is 0 Å². The van der Waals surface area contributed by atoms with E-state index in [4.69, 9.17) is 0 Å². The Labute approximate surface area is 135 Å². The molecule has 0 spiro atoms. The number of thioether (sulfide) groups is 1. The van der Waals surface area contributed by atoms with Crippen molar-refractivity contribution in [2.24, 2.45) is 7.05 Å². The van der Waals surface area contributed by atoms with E-state index < -0.39 is 20.5 Å². The summed E-state index contributed by atoms with van der Waals surface area (Å²) in [6.07, 6.45) is 1.50. The van der Waals surface area contributed by atoms with Crippen molar-refractivity contribution in [3.63, 3.8) is 0 Å². The van der Waals surface area contributed by atoms with Gasteiger partial charge in [0.15, 0.2) is 5.16 Å². The van der Waals surface area contributed by atoms with Gasteiger partial charge >= 0.3 is 5.76 Å². The van der Waals surface area contributed by atoms with Gasteiger partial charge in [-0.15, -0.1) is 10.2 Å². The molecular formula is C12H12F2N4O3S2. The maximum Gasteiger partial charge on any atom is 0.341 e. The number of alkyl halides is 2. The van der Waals surface area contributed by atoms with Gasteiger partial charge in [0.2, 0.25) is 15.7 Å². The topological polar surface area (TPSA) is 93.9 Å². The molecule has 0 radical (unpaired) electrons. The average Bonchev–Trinajstić information content (AvgIpc) is 2.91. The quantitative estimate of drug-likeness (QED) is 0.784. The summed E-state index contributed by atoms with van der Waals surface area (Å²) in [5.41, 5.74) is 0.307. The predicted octanol–water partition coefficient (Wildman–Crippen LogP) is 1.54. The molecule has 1 amide bonds. The van der Waals surface area contributed by atoms with Crippen LogP contribution in [0.2, 0.25) is 0 Å². The lowest BCUT2D eigenvalue weighted by molar-refractivity contribution is -0.113. The second-order valence-electron chi connectivity index (χ2n) is 4.39. The average molecular weight is 362 g/mol. The summed E-state index contributed by atoms with van der Waals surface area (Å²) in [5, 5.41) is 10.6. The Morgan fingerprint density at radius 1 is 1.35 bits per heavy atom. The van der Waals surface area contributed by atoms with E-state index in [1.54, 1.807) is 11.6 Å². The molecule has 1 aromatic heterocycles. The van der Waals surface area contributed by atoms with Gasteiger partial charge in [-0.05, 0) is 24.3 Å². The molecule has 0 saturated heterocycles. The van der Waals surface area contributed by atoms with E-state index in [0.29, 0.717) is 10.8 Å². The highest BCUT2D eigenvalue weighted by Gasteiger charge is 2.26. The number of halogens is 2. The van der Waals surface area contributed by atoms with E-state index >= 15 is 0 Å². The Hall–Kier alpha value is -2.01. The van der Waals surface area contributed by atoms with Crippen LogP contribution in [-0.2, 0) is 21.7 Å². The molecule has 23 heavy (non-hydrogen) atoms. The zero-order chi connectivity index (χ0) is 17.0. The standard InChI is InChI=1S/C12H12F2N4O3S2/c1-18-7-15-17-12(18)22-6-10(19)16-8-2-4-9(5-3-8)23(20,21)11(13)14/h2-5,7,11H,6H2,1H3,(H,16,19). The SMILES string of the molecule is Cn1cnnc1SCC(=O)Nc1ccc(S(=O)(=O)C(F)F)cc1. The van der Waals surface area contributed by atoms with Crippen LogP contribution in [0, 0.1) is 0 Å². The summed E-state index contributed by atoms with van der Waals surface area (Å²) < 4.78 is 49.0. The third-order valence-corrected chi connectivity index (χ3v) is 5.14. The molecule has 0 bridgehead atoms. The number of aryl methyl sites for hydroxylation is 1. The molecule has 0 unspecified atom stereocenters. The van der Waals surface area contributed by atoms with Crippen LogP contribution in [0.25, 0.3) is 0 Å². The first-order chi connectivity index (χ1) is 10.8. The fourth-order valence-electron chi connectivity index (χ4n) is 1.56. The first-order valence-electron chi connectivity index (χ1n) is 6.19. The lowest BCUT2D eigenvalue weighted by atomic mass is 10.3. The van der Waals surface area contributed by atoms with Gasteiger partial charge in [-0.1, -0.05) is 11.8 Å². The second-order valence-corrected chi connectivity index (χ2v) is 7.25. The van der Waals surface area contributed by atoms with Gasteiger partial charge < -0.3 is 9.88 Å². The zero-order valence-electron chi connectivity index (χ0n) is 11.8. The summed E-state index contributed by atoms with van der Waals surface area (Å²) in [6.45, 7) is 0. The molecule has 2 rings (SSSR count). The molecule has 124 valence electrons. The normalized spacial score (nSPS) is 11.7. The molecule has 0 aliphatic carbocycles. The van der Waals surface area contributed by atoms with Crippen molar-refractivity contribution in [2.45, 2.75) is 15.8 Å². The number of nitrogens with zero attached hydrogens (tertiary/aromatic N) is 3. The molecule has 0 aliphatic heterocycles. The minimum Gasteiger partial charge on any atom is -0.325 e. The number of hydrogen-bond acceptors (Lipinski definition) is 6. The van der Waals surface area contributed by atoms with Crippen LogP contribution in [0.4, 0.5) is 14.5 Å². The Balaban J connectivity index is 1.96. The summed E-state index contributed by atoms with van der Waals surface area (Å²) >= 11 is 1.17. The molecule has 2 aromatic rings. The van der Waals surface area contributed by atoms with Gasteiger partial charge in [-0.3, -0.25) is 4.79 Å². The molecule has 1 aromatic carbocycles. The molecule has 11 heteroatoms. The Morgan fingerprint density at radius 2 is 2.00 bits per heavy atom. The summed E-state index contributed by atoms with van der Waals surface area (Å²) in [7, 11) is -2.90. The Morgan fingerprint density at radius 3 is 2.52 bits per heavy atom. The van der Waals surface area contributed by atoms with Crippen molar-refractivity contribution >= 4 is 33.2 Å². The number of rotatable bonds is 6. The van der Waals surface area contributed by atoms with Crippen molar-refractivity contribution in [2.75, 3.05) is 11.1 Å². The monoisotopic (exact) mass is 362 g/mol. The van der Waals surface area contributed by atoms with Crippen LogP contribution in [-0.4, -0.2) is 40.6 Å². The van der Waals surface area contributed by atoms with E-state index in [2.05, 4.69) is 15.5 Å². The molecule has 0 atom stereocenters. The lowest BCUT2D eigenvalue weighted by Crippen LogP contribution is -2.15. The smallest absolute Gasteiger partial charge is 0.325 e. The molecule has 0 fully saturated rings. The number of amides is 1. The highest BCUT2D eigenvalue weighted by Crippen LogP contribution is 2.20. The lowest BCUT2D eigenvalue weighted by Gasteiger charge is -2.07. The highest BCUT2D eigenvalue weighted by atomic mass is 32.2. The first-order valence-corrected chi connectivity index (χ1v) is 8.72. The zero-order valence-corrected chi connectivity index (χ0v) is 13.4. The van der Waals surface area contributed by atoms with Gasteiger partial charge in [0, 0.05) is 12.7 Å². The minimum atomic E-state index is -4.63. The number of carbonyl (C=O) groups is 1. The number of aromatic nitrogens is 3. The molecule has 0 saturated carbocycles. The van der Waals surface area contributed by atoms with Crippen molar-refractivity contribution in [1.82, 2.24) is 14.8 Å². The van der Waals surface area contributed by atoms with E-state index in [9.17, 15) is 22.0 Å². The fraction of sp³-hybridized carbons (Fsp3) is 0.250. The van der Waals surface area contributed by atoms with Gasteiger partial charge in [0.1, 0.15) is 6.33 Å². The van der Waals surface area contributed by atoms with Crippen molar-refractivity contribution < 1.29 is 22.0 Å². The third kappa shape index (κ3) is 4.26. The summed E-state index contributed by atoms with van der Waals surface area (Å²) in [6, 6.07) is 4.54. The molecule has 7 nitrogen and oxygen atoms in total. The first kappa shape index (κ1) is 17.3. The number of hydrogen-bond donors (Lipinski definition) is 1. The number of benzene rings is 1. The third-order valence-electron chi connectivity index (χ3n) is 2.70. The number of anilines is 1. The molecule has 1 heterocycles. The second kappa shape index (κ2) is 7.04. The van der Waals surface area contributed by atoms with Gasteiger partial charge in [0.05, 0.1) is 10.6 Å². The van der Waals surface area contributed by atoms with Gasteiger partial charge in [0.25, 0.3) is 0 Å². The van der Waals surface area contributed by atoms with E-state index in [0.717, 1.165) is 12.1 Å². The van der Waals surface area contributed by atoms with Crippen molar-refractivity contribution in [1.29, 1.82) is 0 Å². The minimum absolute atomic E-state index is 0.0730. The summed E-state index contributed by atoms with van der Waals surface area (Å²) in [4.78, 5) is 11.3. The fourth-order valence-corrected chi connectivity index (χ4v) is 2.97. The number of carbonyl (C=O) groups excluding carboxylic acids is 1. The van der Waals surface area contributed by atoms with E-state index in [-0.39, 0.29) is 11.7 Å². The van der Waals surface area contributed by atoms with Gasteiger partial charge in [-0.25, -0.2) is 8.42 Å². The summed E-state index contributed by atoms with van der Waals surface area (Å²) in [5.74, 6) is -3.75. The van der Waals surface area contributed by atoms with Crippen LogP contribution in [0.5, 0.6) is 0 Å². The highest BCUT2D eigenvalue weighted by molar-refractivity contribution is 7.99. The molecular weight excluding hydrogens is 350 g/mol. The Bertz CT molecular complexity index is 791. The van der Waals surface area contributed by atoms with Crippen molar-refractivity contribution in [3.05, 3.63) is 30.6 Å². The maximum atomic E-state index is 12.4. The van der Waals surface area contributed by atoms with Crippen LogP contribution >= 0.6 is 11.8 Å². The van der Waals surface area contributed by atoms with Crippen molar-refractivity contribution in [3.8, 4) is 0 Å². The van der Waals surface area contributed by atoms with Crippen LogP contribution in [0.1, 0.15) is 0 Å². The maximum absolute atomic E-state index is 12.4. The molecule has 0 aliphatic rings. The number of nitrogens with one attached hydrogen (secondary N) is 1. The largest absolute Gasteiger partial charge is 0.341 e. The van der Waals surface area contributed by atoms with Crippen LogP contribution < -0.4 is 5.32 Å². The van der Waals surface area contributed by atoms with E-state index in [1.165, 1.54) is 30.2 Å². The predicted molar refractivity (Wildman–Crippen MR) is 80.0 cm³/mol. The Kier molecular flexibility index (Phi) is 5.31. The molecule has 1 N–H and O–H groups in total. The van der Waals surface area contributed by atoms with E-state index in [1.807, 2.05) is 0 Å². The van der Waals surface area contributed by atoms with Gasteiger partial charge in [-0.2, -0.15) is 8.78 Å².